The van der Waals surface area contributed by atoms with Gasteiger partial charge in [0, 0.05) is 20.6 Å². The van der Waals surface area contributed by atoms with E-state index in [4.69, 9.17) is 0 Å². The first kappa shape index (κ1) is 27.1. The molecule has 0 heterocycles. The second-order valence-corrected chi connectivity index (χ2v) is 13.3. The molecule has 0 saturated carbocycles. The van der Waals surface area contributed by atoms with Gasteiger partial charge in [-0.15, -0.1) is 0 Å². The zero-order chi connectivity index (χ0) is 21.1. The zero-order valence-electron chi connectivity index (χ0n) is 19.0. The van der Waals surface area contributed by atoms with Gasteiger partial charge in [0.15, 0.2) is 0 Å². The lowest BCUT2D eigenvalue weighted by Gasteiger charge is -2.18. The van der Waals surface area contributed by atoms with Crippen molar-refractivity contribution in [1.29, 1.82) is 0 Å². The molecule has 28 heavy (non-hydrogen) atoms. The summed E-state index contributed by atoms with van der Waals surface area (Å²) in [5.41, 5.74) is 0.220. The molecule has 0 aromatic heterocycles. The van der Waals surface area contributed by atoms with Crippen molar-refractivity contribution in [3.63, 3.8) is 0 Å². The Hall–Kier alpha value is -0.880. The molecule has 3 heteroatoms. The maximum absolute atomic E-state index is 10.1. The molecule has 0 amide bonds. The van der Waals surface area contributed by atoms with Crippen molar-refractivity contribution >= 4 is 13.2 Å². The van der Waals surface area contributed by atoms with Gasteiger partial charge in [0.05, 0.1) is 18.3 Å². The third-order valence-electron chi connectivity index (χ3n) is 5.24. The normalized spacial score (nSPS) is 11.0. The summed E-state index contributed by atoms with van der Waals surface area (Å²) in [6.07, 6.45) is 20.6. The van der Waals surface area contributed by atoms with E-state index in [1.165, 1.54) is 89.2 Å². The number of hydrogen-bond donors (Lipinski definition) is 0. The fraction of sp³-hybridized carbons (Fsp3) is 0.720. The van der Waals surface area contributed by atoms with E-state index in [1.54, 1.807) is 30.5 Å². The first-order chi connectivity index (χ1) is 13.4. The van der Waals surface area contributed by atoms with Gasteiger partial charge in [-0.2, -0.15) is 0 Å². The van der Waals surface area contributed by atoms with Crippen LogP contribution in [0.25, 0.3) is 0 Å². The molecule has 0 bridgehead atoms. The van der Waals surface area contributed by atoms with Crippen LogP contribution in [-0.4, -0.2) is 31.6 Å². The van der Waals surface area contributed by atoms with Gasteiger partial charge in [-0.3, -0.25) is 0 Å². The smallest absolute Gasteiger partial charge is 0.0715 e. The molecule has 0 fully saturated rings. The summed E-state index contributed by atoms with van der Waals surface area (Å²) in [5, 5.41) is 10.1. The number of unbranched alkanes of at least 4 members (excludes halogenated alkanes) is 10. The molecule has 0 aliphatic carbocycles. The maximum Gasteiger partial charge on any atom is 0.0715 e. The summed E-state index contributed by atoms with van der Waals surface area (Å²) in [6.45, 7) is 9.78. The Kier molecular flexibility index (Phi) is 17.6. The van der Waals surface area contributed by atoms with E-state index in [0.29, 0.717) is 0 Å². The molecule has 0 aliphatic rings. The second-order valence-electron chi connectivity index (χ2n) is 8.57. The standard InChI is InChI=1S/C18H40P.C7H6O2/c1-5-7-9-11-13-15-17-19(3,4)18-16-14-12-10-8-6-2;8-7(9)6-4-2-1-3-5-6/h5-18H2,1-4H3;1-5H,(H,8,9)/q+1;/p-1. The average molecular weight is 409 g/mol. The minimum absolute atomic E-state index is 0.220. The Balaban J connectivity index is 0.000000668. The van der Waals surface area contributed by atoms with E-state index in [9.17, 15) is 9.90 Å². The molecular weight excluding hydrogens is 363 g/mol. The van der Waals surface area contributed by atoms with Crippen LogP contribution in [0.1, 0.15) is 101 Å². The minimum atomic E-state index is -1.13. The molecule has 0 unspecified atom stereocenters. The first-order valence-electron chi connectivity index (χ1n) is 11.5. The van der Waals surface area contributed by atoms with Crippen LogP contribution in [0.3, 0.4) is 0 Å². The number of benzene rings is 1. The number of hydrogen-bond acceptors (Lipinski definition) is 2. The zero-order valence-corrected chi connectivity index (χ0v) is 19.9. The highest BCUT2D eigenvalue weighted by molar-refractivity contribution is 7.74. The summed E-state index contributed by atoms with van der Waals surface area (Å²) < 4.78 is 0. The van der Waals surface area contributed by atoms with Gasteiger partial charge in [-0.1, -0.05) is 95.5 Å². The SMILES string of the molecule is CCCCCCCC[P+](C)(C)CCCCCCCC.O=C([O-])c1ccccc1. The number of carbonyl (C=O) groups excluding carboxylic acids is 1. The molecule has 1 aromatic carbocycles. The highest BCUT2D eigenvalue weighted by Crippen LogP contribution is 2.52. The Labute approximate surface area is 175 Å². The Morgan fingerprint density at radius 2 is 1.11 bits per heavy atom. The van der Waals surface area contributed by atoms with Crippen LogP contribution in [0, 0.1) is 0 Å². The third kappa shape index (κ3) is 17.2. The van der Waals surface area contributed by atoms with E-state index in [2.05, 4.69) is 27.2 Å². The minimum Gasteiger partial charge on any atom is -0.545 e. The molecular formula is C25H45O2P. The van der Waals surface area contributed by atoms with Crippen molar-refractivity contribution < 1.29 is 9.90 Å². The predicted octanol–water partition coefficient (Wildman–Crippen LogP) is 7.03. The molecule has 0 aliphatic heterocycles. The van der Waals surface area contributed by atoms with Gasteiger partial charge in [0.2, 0.25) is 0 Å². The lowest BCUT2D eigenvalue weighted by molar-refractivity contribution is -0.255. The van der Waals surface area contributed by atoms with Gasteiger partial charge < -0.3 is 9.90 Å². The summed E-state index contributed by atoms with van der Waals surface area (Å²) in [6, 6.07) is 8.06. The average Bonchev–Trinajstić information content (AvgIpc) is 2.68. The topological polar surface area (TPSA) is 40.1 Å². The van der Waals surface area contributed by atoms with Gasteiger partial charge in [0.1, 0.15) is 0 Å². The Morgan fingerprint density at radius 3 is 1.46 bits per heavy atom. The molecule has 2 nitrogen and oxygen atoms in total. The Morgan fingerprint density at radius 1 is 0.714 bits per heavy atom. The van der Waals surface area contributed by atoms with Crippen molar-refractivity contribution in [2.45, 2.75) is 90.9 Å². The molecule has 0 spiro atoms. The van der Waals surface area contributed by atoms with Gasteiger partial charge in [-0.25, -0.2) is 0 Å². The Bertz CT molecular complexity index is 453. The lowest BCUT2D eigenvalue weighted by atomic mass is 10.1. The fourth-order valence-corrected chi connectivity index (χ4v) is 5.71. The van der Waals surface area contributed by atoms with Gasteiger partial charge in [-0.05, 0) is 31.2 Å². The van der Waals surface area contributed by atoms with Crippen LogP contribution in [-0.2, 0) is 0 Å². The van der Waals surface area contributed by atoms with Crippen molar-refractivity contribution in [3.05, 3.63) is 35.9 Å². The van der Waals surface area contributed by atoms with E-state index in [0.717, 1.165) is 0 Å². The second kappa shape index (κ2) is 18.2. The molecule has 162 valence electrons. The first-order valence-corrected chi connectivity index (χ1v) is 14.6. The van der Waals surface area contributed by atoms with Crippen molar-refractivity contribution in [1.82, 2.24) is 0 Å². The van der Waals surface area contributed by atoms with Crippen LogP contribution >= 0.6 is 7.26 Å². The summed E-state index contributed by atoms with van der Waals surface area (Å²) in [7, 11) is -0.554. The third-order valence-corrected chi connectivity index (χ3v) is 8.30. The van der Waals surface area contributed by atoms with Crippen molar-refractivity contribution in [3.8, 4) is 0 Å². The predicted molar refractivity (Wildman–Crippen MR) is 126 cm³/mol. The van der Waals surface area contributed by atoms with Gasteiger partial charge in [0.25, 0.3) is 0 Å². The quantitative estimate of drug-likeness (QED) is 0.231. The van der Waals surface area contributed by atoms with E-state index in [-0.39, 0.29) is 5.56 Å². The number of carboxylic acid groups (broad SMARTS) is 1. The molecule has 1 rings (SSSR count). The van der Waals surface area contributed by atoms with E-state index >= 15 is 0 Å². The van der Waals surface area contributed by atoms with Crippen molar-refractivity contribution in [2.24, 2.45) is 0 Å². The van der Waals surface area contributed by atoms with Crippen LogP contribution < -0.4 is 5.11 Å². The van der Waals surface area contributed by atoms with Crippen molar-refractivity contribution in [2.75, 3.05) is 25.7 Å². The molecule has 0 atom stereocenters. The summed E-state index contributed by atoms with van der Waals surface area (Å²) in [4.78, 5) is 10.1. The molecule has 1 aromatic rings. The molecule has 0 N–H and O–H groups in total. The van der Waals surface area contributed by atoms with Crippen LogP contribution in [0.5, 0.6) is 0 Å². The number of rotatable bonds is 15. The lowest BCUT2D eigenvalue weighted by Crippen LogP contribution is -2.21. The summed E-state index contributed by atoms with van der Waals surface area (Å²) >= 11 is 0. The highest BCUT2D eigenvalue weighted by Gasteiger charge is 2.23. The monoisotopic (exact) mass is 408 g/mol. The summed E-state index contributed by atoms with van der Waals surface area (Å²) in [5.74, 6) is -1.13. The molecule has 0 saturated heterocycles. The van der Waals surface area contributed by atoms with Crippen LogP contribution in [0.2, 0.25) is 0 Å². The van der Waals surface area contributed by atoms with E-state index in [1.807, 2.05) is 0 Å². The maximum atomic E-state index is 10.1. The van der Waals surface area contributed by atoms with Crippen LogP contribution in [0.4, 0.5) is 0 Å². The molecule has 0 radical (unpaired) electrons. The number of carboxylic acids is 1. The fourth-order valence-electron chi connectivity index (χ4n) is 3.33. The number of aromatic carboxylic acids is 1. The van der Waals surface area contributed by atoms with E-state index < -0.39 is 13.2 Å². The highest BCUT2D eigenvalue weighted by atomic mass is 31.2. The number of carbonyl (C=O) groups is 1. The van der Waals surface area contributed by atoms with Crippen LogP contribution in [0.15, 0.2) is 30.3 Å². The largest absolute Gasteiger partial charge is 0.545 e. The van der Waals surface area contributed by atoms with Gasteiger partial charge >= 0.3 is 0 Å².